The Morgan fingerprint density at radius 1 is 0.606 bits per heavy atom. The van der Waals surface area contributed by atoms with Crippen molar-refractivity contribution in [2.45, 2.75) is 18.8 Å². The molecule has 0 aliphatic heterocycles. The summed E-state index contributed by atoms with van der Waals surface area (Å²) in [5, 5.41) is 2.60. The summed E-state index contributed by atoms with van der Waals surface area (Å²) in [7, 11) is 0. The Hall–Kier alpha value is -3.90. The molecule has 0 heteroatoms. The molecule has 1 unspecified atom stereocenters. The molecule has 158 valence electrons. The van der Waals surface area contributed by atoms with Crippen LogP contribution in [0.5, 0.6) is 0 Å². The molecule has 0 radical (unpaired) electrons. The van der Waals surface area contributed by atoms with Crippen LogP contribution < -0.4 is 0 Å². The zero-order valence-electron chi connectivity index (χ0n) is 18.6. The van der Waals surface area contributed by atoms with Crippen LogP contribution >= 0.6 is 0 Å². The number of hydrogen-bond acceptors (Lipinski definition) is 0. The Labute approximate surface area is 195 Å². The van der Waals surface area contributed by atoms with Gasteiger partial charge in [-0.3, -0.25) is 0 Å². The quantitative estimate of drug-likeness (QED) is 0.272. The third-order valence-electron chi connectivity index (χ3n) is 6.89. The van der Waals surface area contributed by atoms with E-state index in [4.69, 9.17) is 0 Å². The predicted molar refractivity (Wildman–Crippen MR) is 141 cm³/mol. The average molecular weight is 423 g/mol. The van der Waals surface area contributed by atoms with Crippen LogP contribution in [-0.2, 0) is 6.42 Å². The zero-order valence-corrected chi connectivity index (χ0v) is 18.6. The standard InChI is InChI=1S/C33H26/c1-3-11-30-26(7-1)9-5-13-32(30)28-19-15-24(16-20-28)23-25-17-21-29(22-18-25)33-14-6-10-27-8-2-4-12-31(27)33/h1-13,15-22,33H,14,23H2. The molecule has 5 aromatic rings. The molecular weight excluding hydrogens is 396 g/mol. The topological polar surface area (TPSA) is 0 Å². The minimum Gasteiger partial charge on any atom is -0.0830 e. The van der Waals surface area contributed by atoms with Gasteiger partial charge in [0.2, 0.25) is 0 Å². The third-order valence-corrected chi connectivity index (χ3v) is 6.89. The van der Waals surface area contributed by atoms with E-state index in [9.17, 15) is 0 Å². The molecule has 33 heavy (non-hydrogen) atoms. The van der Waals surface area contributed by atoms with Crippen LogP contribution in [0.15, 0.2) is 121 Å². The molecule has 0 nitrogen and oxygen atoms in total. The van der Waals surface area contributed by atoms with Gasteiger partial charge in [-0.15, -0.1) is 0 Å². The maximum Gasteiger partial charge on any atom is 0.0130 e. The first-order chi connectivity index (χ1) is 16.3. The lowest BCUT2D eigenvalue weighted by Gasteiger charge is -2.22. The van der Waals surface area contributed by atoms with Gasteiger partial charge in [-0.05, 0) is 62.6 Å². The molecular formula is C33H26. The Kier molecular flexibility index (Phi) is 5.13. The van der Waals surface area contributed by atoms with E-state index in [0.717, 1.165) is 12.8 Å². The second-order valence-corrected chi connectivity index (χ2v) is 8.96. The van der Waals surface area contributed by atoms with Gasteiger partial charge in [0.05, 0.1) is 0 Å². The average Bonchev–Trinajstić information content (AvgIpc) is 2.89. The fourth-order valence-electron chi connectivity index (χ4n) is 5.14. The smallest absolute Gasteiger partial charge is 0.0130 e. The van der Waals surface area contributed by atoms with Gasteiger partial charge in [0, 0.05) is 5.92 Å². The van der Waals surface area contributed by atoms with Crippen molar-refractivity contribution in [1.29, 1.82) is 0 Å². The molecule has 0 spiro atoms. The fraction of sp³-hybridized carbons (Fsp3) is 0.0909. The van der Waals surface area contributed by atoms with Crippen LogP contribution in [0.3, 0.4) is 0 Å². The summed E-state index contributed by atoms with van der Waals surface area (Å²) in [6, 6.07) is 42.2. The lowest BCUT2D eigenvalue weighted by atomic mass is 9.82. The molecule has 1 aliphatic rings. The highest BCUT2D eigenvalue weighted by Gasteiger charge is 2.18. The van der Waals surface area contributed by atoms with Crippen LogP contribution in [0.25, 0.3) is 28.0 Å². The van der Waals surface area contributed by atoms with Crippen LogP contribution in [0, 0.1) is 0 Å². The number of rotatable bonds is 4. The number of benzene rings is 5. The van der Waals surface area contributed by atoms with Crippen LogP contribution in [0.1, 0.15) is 40.2 Å². The highest BCUT2D eigenvalue weighted by molar-refractivity contribution is 5.96. The van der Waals surface area contributed by atoms with Gasteiger partial charge in [-0.25, -0.2) is 0 Å². The molecule has 1 atom stereocenters. The highest BCUT2D eigenvalue weighted by Crippen LogP contribution is 2.35. The lowest BCUT2D eigenvalue weighted by Crippen LogP contribution is -2.05. The normalized spacial score (nSPS) is 14.8. The summed E-state index contributed by atoms with van der Waals surface area (Å²) in [6.45, 7) is 0. The van der Waals surface area contributed by atoms with Crippen LogP contribution in [0.2, 0.25) is 0 Å². The third kappa shape index (κ3) is 3.90. The first-order valence-corrected chi connectivity index (χ1v) is 11.8. The van der Waals surface area contributed by atoms with Crippen LogP contribution in [-0.4, -0.2) is 0 Å². The molecule has 0 bridgehead atoms. The van der Waals surface area contributed by atoms with E-state index in [-0.39, 0.29) is 0 Å². The minimum atomic E-state index is 0.459. The Balaban J connectivity index is 1.21. The monoisotopic (exact) mass is 422 g/mol. The summed E-state index contributed by atoms with van der Waals surface area (Å²) in [4.78, 5) is 0. The molecule has 1 aliphatic carbocycles. The fourth-order valence-corrected chi connectivity index (χ4v) is 5.14. The van der Waals surface area contributed by atoms with E-state index in [1.165, 1.54) is 49.7 Å². The highest BCUT2D eigenvalue weighted by atomic mass is 14.2. The summed E-state index contributed by atoms with van der Waals surface area (Å²) in [5.41, 5.74) is 9.47. The minimum absolute atomic E-state index is 0.459. The Bertz CT molecular complexity index is 1430. The van der Waals surface area contributed by atoms with Gasteiger partial charge in [-0.1, -0.05) is 127 Å². The Morgan fingerprint density at radius 3 is 2.15 bits per heavy atom. The molecule has 0 fully saturated rings. The summed E-state index contributed by atoms with van der Waals surface area (Å²) in [6.07, 6.45) is 6.59. The molecule has 5 aromatic carbocycles. The second kappa shape index (κ2) is 8.56. The van der Waals surface area contributed by atoms with E-state index in [2.05, 4.69) is 127 Å². The summed E-state index contributed by atoms with van der Waals surface area (Å²) >= 11 is 0. The van der Waals surface area contributed by atoms with Gasteiger partial charge in [0.1, 0.15) is 0 Å². The zero-order chi connectivity index (χ0) is 22.0. The Morgan fingerprint density at radius 2 is 1.30 bits per heavy atom. The van der Waals surface area contributed by atoms with E-state index >= 15 is 0 Å². The number of hydrogen-bond donors (Lipinski definition) is 0. The van der Waals surface area contributed by atoms with Crippen LogP contribution in [0.4, 0.5) is 0 Å². The molecule has 0 amide bonds. The van der Waals surface area contributed by atoms with E-state index in [0.29, 0.717) is 5.92 Å². The van der Waals surface area contributed by atoms with Gasteiger partial charge < -0.3 is 0 Å². The first-order valence-electron chi connectivity index (χ1n) is 11.8. The van der Waals surface area contributed by atoms with Gasteiger partial charge in [0.25, 0.3) is 0 Å². The van der Waals surface area contributed by atoms with E-state index in [1.807, 2.05) is 0 Å². The van der Waals surface area contributed by atoms with Crippen molar-refractivity contribution in [2.24, 2.45) is 0 Å². The molecule has 0 heterocycles. The van der Waals surface area contributed by atoms with Crippen molar-refractivity contribution in [2.75, 3.05) is 0 Å². The molecule has 6 rings (SSSR count). The van der Waals surface area contributed by atoms with Crippen molar-refractivity contribution in [3.8, 4) is 11.1 Å². The van der Waals surface area contributed by atoms with Crippen molar-refractivity contribution in [1.82, 2.24) is 0 Å². The van der Waals surface area contributed by atoms with Gasteiger partial charge >= 0.3 is 0 Å². The molecule has 0 saturated carbocycles. The van der Waals surface area contributed by atoms with Crippen molar-refractivity contribution in [3.63, 3.8) is 0 Å². The van der Waals surface area contributed by atoms with Crippen molar-refractivity contribution < 1.29 is 0 Å². The predicted octanol–water partition coefficient (Wildman–Crippen LogP) is 8.65. The summed E-state index contributed by atoms with van der Waals surface area (Å²) < 4.78 is 0. The van der Waals surface area contributed by atoms with Gasteiger partial charge in [0.15, 0.2) is 0 Å². The van der Waals surface area contributed by atoms with Gasteiger partial charge in [-0.2, -0.15) is 0 Å². The molecule has 0 aromatic heterocycles. The molecule has 0 N–H and O–H groups in total. The second-order valence-electron chi connectivity index (χ2n) is 8.96. The van der Waals surface area contributed by atoms with E-state index < -0.39 is 0 Å². The first kappa shape index (κ1) is 19.8. The number of fused-ring (bicyclic) bond motifs is 2. The van der Waals surface area contributed by atoms with Crippen molar-refractivity contribution in [3.05, 3.63) is 149 Å². The lowest BCUT2D eigenvalue weighted by molar-refractivity contribution is 0.818. The molecule has 0 saturated heterocycles. The largest absolute Gasteiger partial charge is 0.0830 e. The SMILES string of the molecule is C1=Cc2ccccc2C(c2ccc(Cc3ccc(-c4cccc5ccccc45)cc3)cc2)C1. The van der Waals surface area contributed by atoms with Crippen molar-refractivity contribution >= 4 is 16.8 Å². The van der Waals surface area contributed by atoms with E-state index in [1.54, 1.807) is 0 Å². The maximum atomic E-state index is 2.32. The maximum absolute atomic E-state index is 2.32. The summed E-state index contributed by atoms with van der Waals surface area (Å²) in [5.74, 6) is 0.459. The number of allylic oxidation sites excluding steroid dienone is 1.